The van der Waals surface area contributed by atoms with Crippen molar-refractivity contribution >= 4 is 11.8 Å². The fraction of sp³-hybridized carbons (Fsp3) is 0.579. The van der Waals surface area contributed by atoms with E-state index in [1.54, 1.807) is 17.9 Å². The molecule has 0 bridgehead atoms. The zero-order valence-corrected chi connectivity index (χ0v) is 15.9. The van der Waals surface area contributed by atoms with E-state index in [0.29, 0.717) is 32.5 Å². The summed E-state index contributed by atoms with van der Waals surface area (Å²) >= 11 is 0. The number of hydrogen-bond donors (Lipinski definition) is 1. The predicted molar refractivity (Wildman–Crippen MR) is 98.7 cm³/mol. The Morgan fingerprint density at radius 2 is 2.04 bits per heavy atom. The van der Waals surface area contributed by atoms with Crippen LogP contribution < -0.4 is 0 Å². The van der Waals surface area contributed by atoms with Gasteiger partial charge in [-0.15, -0.1) is 0 Å². The summed E-state index contributed by atoms with van der Waals surface area (Å²) in [5.41, 5.74) is 2.82. The van der Waals surface area contributed by atoms with Crippen molar-refractivity contribution in [2.45, 2.75) is 44.6 Å². The first-order valence-corrected chi connectivity index (χ1v) is 9.56. The fourth-order valence-corrected chi connectivity index (χ4v) is 4.58. The molecule has 2 amide bonds. The molecule has 2 aliphatic heterocycles. The van der Waals surface area contributed by atoms with Gasteiger partial charge in [-0.1, -0.05) is 0 Å². The van der Waals surface area contributed by atoms with Gasteiger partial charge in [-0.2, -0.15) is 5.10 Å². The van der Waals surface area contributed by atoms with Gasteiger partial charge in [0.15, 0.2) is 0 Å². The number of H-pyrrole nitrogens is 1. The Labute approximate surface area is 158 Å². The molecule has 0 unspecified atom stereocenters. The molecular weight excluding hydrogens is 344 g/mol. The number of piperidine rings is 1. The Morgan fingerprint density at radius 3 is 2.70 bits per heavy atom. The molecule has 1 saturated heterocycles. The first kappa shape index (κ1) is 17.8. The van der Waals surface area contributed by atoms with Crippen LogP contribution in [0.3, 0.4) is 0 Å². The first-order chi connectivity index (χ1) is 13.0. The van der Waals surface area contributed by atoms with Gasteiger partial charge in [-0.05, 0) is 24.8 Å². The van der Waals surface area contributed by atoms with Crippen molar-refractivity contribution in [3.8, 4) is 0 Å². The van der Waals surface area contributed by atoms with Gasteiger partial charge < -0.3 is 14.8 Å². The minimum atomic E-state index is -0.375. The Morgan fingerprint density at radius 1 is 1.26 bits per heavy atom. The van der Waals surface area contributed by atoms with E-state index in [2.05, 4.69) is 15.1 Å². The molecule has 0 aliphatic carbocycles. The van der Waals surface area contributed by atoms with Crippen molar-refractivity contribution in [1.82, 2.24) is 29.5 Å². The third kappa shape index (κ3) is 3.13. The van der Waals surface area contributed by atoms with Crippen molar-refractivity contribution in [2.75, 3.05) is 19.6 Å². The van der Waals surface area contributed by atoms with Gasteiger partial charge >= 0.3 is 0 Å². The predicted octanol–water partition coefficient (Wildman–Crippen LogP) is 0.998. The number of carbonyl (C=O) groups excluding carboxylic acids is 2. The highest BCUT2D eigenvalue weighted by Gasteiger charge is 2.48. The summed E-state index contributed by atoms with van der Waals surface area (Å²) in [7, 11) is 1.88. The van der Waals surface area contributed by atoms with Crippen LogP contribution in [0, 0.1) is 0 Å². The third-order valence-corrected chi connectivity index (χ3v) is 5.97. The van der Waals surface area contributed by atoms with Crippen molar-refractivity contribution in [2.24, 2.45) is 7.05 Å². The third-order valence-electron chi connectivity index (χ3n) is 5.97. The molecule has 144 valence electrons. The van der Waals surface area contributed by atoms with E-state index in [0.717, 1.165) is 36.2 Å². The van der Waals surface area contributed by atoms with E-state index in [4.69, 9.17) is 0 Å². The van der Waals surface area contributed by atoms with Crippen LogP contribution in [-0.2, 0) is 35.0 Å². The van der Waals surface area contributed by atoms with Gasteiger partial charge in [-0.25, -0.2) is 4.98 Å². The quantitative estimate of drug-likeness (QED) is 0.873. The van der Waals surface area contributed by atoms with Gasteiger partial charge in [0.1, 0.15) is 0 Å². The molecule has 0 atom stereocenters. The Hall–Kier alpha value is -2.64. The van der Waals surface area contributed by atoms with Gasteiger partial charge in [0.05, 0.1) is 23.8 Å². The molecule has 1 fully saturated rings. The molecular formula is C19H26N6O2. The monoisotopic (exact) mass is 370 g/mol. The van der Waals surface area contributed by atoms with Gasteiger partial charge in [0.25, 0.3) is 0 Å². The number of fused-ring (bicyclic) bond motifs is 2. The zero-order chi connectivity index (χ0) is 19.0. The topological polar surface area (TPSA) is 87.1 Å². The number of nitrogens with one attached hydrogen (secondary N) is 1. The Balaban J connectivity index is 1.44. The molecule has 4 heterocycles. The standard InChI is InChI=1S/C19H26N6O2/c1-14(26)25-8-5-16-18(21-13-20-16)19(25)6-9-24(10-7-19)17(27)4-3-15-11-22-23(2)12-15/h11-13H,3-10H2,1-2H3,(H,20,21). The second kappa shape index (κ2) is 6.83. The summed E-state index contributed by atoms with van der Waals surface area (Å²) in [6.07, 6.45) is 8.97. The number of amides is 2. The maximum Gasteiger partial charge on any atom is 0.222 e. The van der Waals surface area contributed by atoms with Crippen LogP contribution in [0.5, 0.6) is 0 Å². The summed E-state index contributed by atoms with van der Waals surface area (Å²) in [4.78, 5) is 36.6. The van der Waals surface area contributed by atoms with E-state index in [-0.39, 0.29) is 17.4 Å². The van der Waals surface area contributed by atoms with Crippen molar-refractivity contribution in [3.63, 3.8) is 0 Å². The lowest BCUT2D eigenvalue weighted by molar-refractivity contribution is -0.142. The minimum absolute atomic E-state index is 0.0833. The van der Waals surface area contributed by atoms with E-state index < -0.39 is 0 Å². The SMILES string of the molecule is CC(=O)N1CCc2[nH]cnc2C12CCN(C(=O)CCc1cnn(C)c1)CC2. The van der Waals surface area contributed by atoms with Crippen LogP contribution in [0.4, 0.5) is 0 Å². The second-order valence-electron chi connectivity index (χ2n) is 7.58. The summed E-state index contributed by atoms with van der Waals surface area (Å²) in [5, 5.41) is 4.15. The van der Waals surface area contributed by atoms with Gasteiger partial charge in [0.2, 0.25) is 11.8 Å². The number of carbonyl (C=O) groups is 2. The number of aryl methyl sites for hydroxylation is 2. The highest BCUT2D eigenvalue weighted by atomic mass is 16.2. The summed E-state index contributed by atoms with van der Waals surface area (Å²) in [5.74, 6) is 0.251. The number of aromatic amines is 1. The van der Waals surface area contributed by atoms with Crippen molar-refractivity contribution in [3.05, 3.63) is 35.7 Å². The van der Waals surface area contributed by atoms with Crippen LogP contribution >= 0.6 is 0 Å². The number of imidazole rings is 1. The van der Waals surface area contributed by atoms with Crippen LogP contribution in [-0.4, -0.2) is 61.0 Å². The summed E-state index contributed by atoms with van der Waals surface area (Å²) < 4.78 is 1.76. The number of rotatable bonds is 3. The normalized spacial score (nSPS) is 18.6. The summed E-state index contributed by atoms with van der Waals surface area (Å²) in [6, 6.07) is 0. The molecule has 0 aromatic carbocycles. The van der Waals surface area contributed by atoms with Crippen molar-refractivity contribution in [1.29, 1.82) is 0 Å². The maximum absolute atomic E-state index is 12.7. The Bertz CT molecular complexity index is 846. The first-order valence-electron chi connectivity index (χ1n) is 9.56. The smallest absolute Gasteiger partial charge is 0.222 e. The molecule has 0 saturated carbocycles. The molecule has 4 rings (SSSR count). The van der Waals surface area contributed by atoms with Gasteiger partial charge in [0, 0.05) is 58.3 Å². The largest absolute Gasteiger partial charge is 0.348 e. The summed E-state index contributed by atoms with van der Waals surface area (Å²) in [6.45, 7) is 3.65. The lowest BCUT2D eigenvalue weighted by Crippen LogP contribution is -2.58. The van der Waals surface area contributed by atoms with E-state index >= 15 is 0 Å². The van der Waals surface area contributed by atoms with E-state index in [9.17, 15) is 9.59 Å². The Kier molecular flexibility index (Phi) is 4.49. The number of aromatic nitrogens is 4. The molecule has 0 radical (unpaired) electrons. The van der Waals surface area contributed by atoms with Crippen LogP contribution in [0.2, 0.25) is 0 Å². The van der Waals surface area contributed by atoms with Crippen LogP contribution in [0.15, 0.2) is 18.7 Å². The number of hydrogen-bond acceptors (Lipinski definition) is 4. The lowest BCUT2D eigenvalue weighted by Gasteiger charge is -2.50. The molecule has 8 nitrogen and oxygen atoms in total. The second-order valence-corrected chi connectivity index (χ2v) is 7.58. The average molecular weight is 370 g/mol. The molecule has 2 aliphatic rings. The van der Waals surface area contributed by atoms with Crippen LogP contribution in [0.25, 0.3) is 0 Å². The molecule has 2 aromatic heterocycles. The molecule has 1 N–H and O–H groups in total. The number of nitrogens with zero attached hydrogens (tertiary/aromatic N) is 5. The molecule has 2 aromatic rings. The van der Waals surface area contributed by atoms with E-state index in [1.807, 2.05) is 29.2 Å². The van der Waals surface area contributed by atoms with Crippen LogP contribution in [0.1, 0.15) is 43.1 Å². The molecule has 27 heavy (non-hydrogen) atoms. The van der Waals surface area contributed by atoms with Gasteiger partial charge in [-0.3, -0.25) is 14.3 Å². The highest BCUT2D eigenvalue weighted by molar-refractivity contribution is 5.77. The fourth-order valence-electron chi connectivity index (χ4n) is 4.58. The van der Waals surface area contributed by atoms with E-state index in [1.165, 1.54) is 0 Å². The zero-order valence-electron chi connectivity index (χ0n) is 15.9. The maximum atomic E-state index is 12.7. The average Bonchev–Trinajstić information content (AvgIpc) is 3.29. The van der Waals surface area contributed by atoms with Crippen molar-refractivity contribution < 1.29 is 9.59 Å². The molecule has 1 spiro atoms. The number of likely N-dealkylation sites (tertiary alicyclic amines) is 1. The minimum Gasteiger partial charge on any atom is -0.348 e. The lowest BCUT2D eigenvalue weighted by atomic mass is 9.78. The molecule has 8 heteroatoms. The highest BCUT2D eigenvalue weighted by Crippen LogP contribution is 2.42.